The van der Waals surface area contributed by atoms with E-state index in [0.29, 0.717) is 18.9 Å². The van der Waals surface area contributed by atoms with E-state index < -0.39 is 17.8 Å². The lowest BCUT2D eigenvalue weighted by atomic mass is 9.37. The third kappa shape index (κ3) is 4.63. The highest BCUT2D eigenvalue weighted by Crippen LogP contribution is 2.74. The molecule has 232 valence electrons. The summed E-state index contributed by atoms with van der Waals surface area (Å²) in [5, 5.41) is 21.7. The molecule has 3 saturated carbocycles. The summed E-state index contributed by atoms with van der Waals surface area (Å²) in [6.07, 6.45) is 6.34. The summed E-state index contributed by atoms with van der Waals surface area (Å²) in [4.78, 5) is 24.6. The third-order valence-electron chi connectivity index (χ3n) is 13.1. The van der Waals surface area contributed by atoms with Crippen LogP contribution < -0.4 is 0 Å². The molecule has 7 heteroatoms. The fourth-order valence-electron chi connectivity index (χ4n) is 11.1. The van der Waals surface area contributed by atoms with E-state index in [2.05, 4.69) is 40.7 Å². The lowest BCUT2D eigenvalue weighted by Gasteiger charge is -2.69. The summed E-state index contributed by atoms with van der Waals surface area (Å²) in [6, 6.07) is 0. The highest BCUT2D eigenvalue weighted by Gasteiger charge is 2.69. The molecular weight excluding hydrogens is 520 g/mol. The van der Waals surface area contributed by atoms with Gasteiger partial charge in [0.15, 0.2) is 0 Å². The predicted octanol–water partition coefficient (Wildman–Crippen LogP) is 5.60. The summed E-state index contributed by atoms with van der Waals surface area (Å²) in [5.74, 6) is 0.492. The van der Waals surface area contributed by atoms with Crippen LogP contribution in [0, 0.1) is 45.3 Å². The minimum atomic E-state index is -0.920. The fraction of sp³-hybridized carbons (Fsp3) is 0.882. The van der Waals surface area contributed by atoms with Crippen LogP contribution in [-0.4, -0.2) is 58.8 Å². The standard InChI is InChI=1S/C34H54O7/c1-19(35)40-27-13-15-33(8)25-12-14-32(7)22(21-16-23(37)29(38)31(5,6)39-18-21)10-11-24(32)34(25,9)28(41-20(2)36)17-26(33)30(27,3)4/h11,21-23,25-29,37-38H,10,12-18H2,1-9H3/t21?,22-,23+,25?,26-,27+,28+,29-,32-,33+,34-/m0/s1. The van der Waals surface area contributed by atoms with E-state index in [1.54, 1.807) is 0 Å². The summed E-state index contributed by atoms with van der Waals surface area (Å²) >= 11 is 0. The Bertz CT molecular complexity index is 1090. The van der Waals surface area contributed by atoms with Crippen molar-refractivity contribution in [2.75, 3.05) is 6.61 Å². The summed E-state index contributed by atoms with van der Waals surface area (Å²) in [6.45, 7) is 18.9. The first-order valence-electron chi connectivity index (χ1n) is 15.9. The highest BCUT2D eigenvalue weighted by atomic mass is 16.5. The third-order valence-corrected chi connectivity index (χ3v) is 13.1. The number of carbonyl (C=O) groups excluding carboxylic acids is 2. The van der Waals surface area contributed by atoms with Crippen molar-refractivity contribution in [3.63, 3.8) is 0 Å². The zero-order chi connectivity index (χ0) is 30.3. The van der Waals surface area contributed by atoms with E-state index in [-0.39, 0.29) is 63.6 Å². The molecule has 7 nitrogen and oxygen atoms in total. The van der Waals surface area contributed by atoms with Crippen molar-refractivity contribution in [2.45, 2.75) is 137 Å². The van der Waals surface area contributed by atoms with Gasteiger partial charge in [0.05, 0.1) is 18.3 Å². The zero-order valence-electron chi connectivity index (χ0n) is 26.8. The topological polar surface area (TPSA) is 102 Å². The molecule has 4 fully saturated rings. The van der Waals surface area contributed by atoms with Gasteiger partial charge < -0.3 is 24.4 Å². The number of allylic oxidation sites excluding steroid dienone is 1. The first kappa shape index (κ1) is 31.0. The Morgan fingerprint density at radius 3 is 2.15 bits per heavy atom. The number of ether oxygens (including phenoxy) is 3. The van der Waals surface area contributed by atoms with Crippen molar-refractivity contribution in [3.8, 4) is 0 Å². The van der Waals surface area contributed by atoms with Crippen molar-refractivity contribution in [3.05, 3.63) is 11.6 Å². The maximum Gasteiger partial charge on any atom is 0.302 e. The molecule has 11 atom stereocenters. The van der Waals surface area contributed by atoms with Crippen molar-refractivity contribution in [1.29, 1.82) is 0 Å². The number of carbonyl (C=O) groups is 2. The molecule has 4 aliphatic carbocycles. The second-order valence-electron chi connectivity index (χ2n) is 16.0. The molecule has 0 aromatic carbocycles. The molecule has 0 aromatic heterocycles. The van der Waals surface area contributed by atoms with Crippen LogP contribution in [0.15, 0.2) is 11.6 Å². The molecule has 1 aliphatic heterocycles. The van der Waals surface area contributed by atoms with Gasteiger partial charge in [-0.15, -0.1) is 0 Å². The molecule has 0 aromatic rings. The molecule has 41 heavy (non-hydrogen) atoms. The van der Waals surface area contributed by atoms with E-state index in [0.717, 1.165) is 38.5 Å². The van der Waals surface area contributed by atoms with Gasteiger partial charge in [-0.2, -0.15) is 0 Å². The van der Waals surface area contributed by atoms with Gasteiger partial charge in [-0.1, -0.05) is 46.3 Å². The molecule has 0 radical (unpaired) electrons. The van der Waals surface area contributed by atoms with E-state index >= 15 is 0 Å². The second kappa shape index (κ2) is 10.1. The second-order valence-corrected chi connectivity index (χ2v) is 16.0. The lowest BCUT2D eigenvalue weighted by Crippen LogP contribution is -2.66. The van der Waals surface area contributed by atoms with Crippen molar-refractivity contribution in [1.82, 2.24) is 0 Å². The Morgan fingerprint density at radius 1 is 0.878 bits per heavy atom. The smallest absolute Gasteiger partial charge is 0.302 e. The van der Waals surface area contributed by atoms with Gasteiger partial charge in [0, 0.05) is 24.7 Å². The first-order valence-corrected chi connectivity index (χ1v) is 15.9. The molecule has 5 aliphatic rings. The molecule has 5 rings (SSSR count). The van der Waals surface area contributed by atoms with Gasteiger partial charge in [0.1, 0.15) is 18.3 Å². The minimum Gasteiger partial charge on any atom is -0.462 e. The molecule has 0 bridgehead atoms. The van der Waals surface area contributed by atoms with Gasteiger partial charge in [0.25, 0.3) is 0 Å². The van der Waals surface area contributed by atoms with Crippen LogP contribution in [0.3, 0.4) is 0 Å². The summed E-state index contributed by atoms with van der Waals surface area (Å²) in [7, 11) is 0. The average molecular weight is 575 g/mol. The van der Waals surface area contributed by atoms with Crippen LogP contribution in [0.5, 0.6) is 0 Å². The van der Waals surface area contributed by atoms with Crippen LogP contribution in [0.25, 0.3) is 0 Å². The molecular formula is C34H54O7. The summed E-state index contributed by atoms with van der Waals surface area (Å²) < 4.78 is 18.4. The molecule has 2 N–H and O–H groups in total. The Labute approximate surface area is 246 Å². The van der Waals surface area contributed by atoms with Crippen LogP contribution in [-0.2, 0) is 23.8 Å². The molecule has 1 saturated heterocycles. The number of hydrogen-bond acceptors (Lipinski definition) is 7. The quantitative estimate of drug-likeness (QED) is 0.334. The average Bonchev–Trinajstić information content (AvgIpc) is 3.17. The van der Waals surface area contributed by atoms with E-state index in [4.69, 9.17) is 14.2 Å². The Hall–Kier alpha value is -1.44. The maximum atomic E-state index is 12.6. The number of aliphatic hydroxyl groups excluding tert-OH is 2. The Balaban J connectivity index is 1.51. The highest BCUT2D eigenvalue weighted by molar-refractivity contribution is 5.67. The van der Waals surface area contributed by atoms with E-state index in [9.17, 15) is 19.8 Å². The number of esters is 2. The van der Waals surface area contributed by atoms with Crippen LogP contribution in [0.4, 0.5) is 0 Å². The van der Waals surface area contributed by atoms with Crippen LogP contribution in [0.2, 0.25) is 0 Å². The van der Waals surface area contributed by atoms with E-state index in [1.807, 2.05) is 13.8 Å². The van der Waals surface area contributed by atoms with E-state index in [1.165, 1.54) is 19.4 Å². The Kier molecular flexibility index (Phi) is 7.60. The minimum absolute atomic E-state index is 0.0154. The summed E-state index contributed by atoms with van der Waals surface area (Å²) in [5.41, 5.74) is -0.0279. The van der Waals surface area contributed by atoms with Gasteiger partial charge in [-0.3, -0.25) is 9.59 Å². The number of aliphatic hydroxyl groups is 2. The van der Waals surface area contributed by atoms with Gasteiger partial charge in [-0.05, 0) is 93.3 Å². The van der Waals surface area contributed by atoms with Gasteiger partial charge in [-0.25, -0.2) is 0 Å². The fourth-order valence-corrected chi connectivity index (χ4v) is 11.1. The number of fused-ring (bicyclic) bond motifs is 5. The SMILES string of the molecule is CC(=O)O[C@@H]1CC[C@]2(C)C3CC[C@]4(C)C(=CC[C@H]4C4COC(C)(C)[C@@H](O)[C@H](O)C4)[C@]3(C)[C@H](OC(C)=O)C[C@H]2C1(C)C. The van der Waals surface area contributed by atoms with Crippen molar-refractivity contribution < 1.29 is 34.0 Å². The molecule has 0 spiro atoms. The van der Waals surface area contributed by atoms with Crippen LogP contribution >= 0.6 is 0 Å². The zero-order valence-corrected chi connectivity index (χ0v) is 26.8. The molecule has 0 amide bonds. The molecule has 2 unspecified atom stereocenters. The monoisotopic (exact) mass is 574 g/mol. The maximum absolute atomic E-state index is 12.6. The molecule has 1 heterocycles. The first-order chi connectivity index (χ1) is 18.9. The van der Waals surface area contributed by atoms with Gasteiger partial charge in [0.2, 0.25) is 0 Å². The number of hydrogen-bond donors (Lipinski definition) is 2. The number of rotatable bonds is 3. The predicted molar refractivity (Wildman–Crippen MR) is 156 cm³/mol. The normalized spacial score (nSPS) is 48.5. The van der Waals surface area contributed by atoms with Crippen LogP contribution in [0.1, 0.15) is 107 Å². The van der Waals surface area contributed by atoms with Crippen molar-refractivity contribution in [2.24, 2.45) is 45.3 Å². The van der Waals surface area contributed by atoms with Gasteiger partial charge >= 0.3 is 11.9 Å². The largest absolute Gasteiger partial charge is 0.462 e. The Morgan fingerprint density at radius 2 is 1.51 bits per heavy atom. The lowest BCUT2D eigenvalue weighted by molar-refractivity contribution is -0.227. The van der Waals surface area contributed by atoms with Crippen molar-refractivity contribution >= 4 is 11.9 Å².